The van der Waals surface area contributed by atoms with Crippen molar-refractivity contribution >= 4 is 11.6 Å². The van der Waals surface area contributed by atoms with Gasteiger partial charge in [-0.2, -0.15) is 5.10 Å². The monoisotopic (exact) mass is 300 g/mol. The topological polar surface area (TPSA) is 69.0 Å². The molecular weight excluding hydrogens is 280 g/mol. The van der Waals surface area contributed by atoms with Crippen molar-refractivity contribution in [2.24, 2.45) is 5.41 Å². The first-order valence-corrected chi connectivity index (χ1v) is 7.59. The van der Waals surface area contributed by atoms with Crippen LogP contribution in [0.15, 0.2) is 36.8 Å². The van der Waals surface area contributed by atoms with Crippen LogP contribution in [0, 0.1) is 5.41 Å². The summed E-state index contributed by atoms with van der Waals surface area (Å²) in [6.45, 7) is 3.36. The third-order valence-electron chi connectivity index (χ3n) is 4.35. The van der Waals surface area contributed by atoms with Crippen molar-refractivity contribution in [2.45, 2.75) is 26.2 Å². The zero-order valence-corrected chi connectivity index (χ0v) is 12.7. The first-order valence-electron chi connectivity index (χ1n) is 7.59. The molecule has 22 heavy (non-hydrogen) atoms. The van der Waals surface area contributed by atoms with E-state index in [1.54, 1.807) is 17.1 Å². The van der Waals surface area contributed by atoms with Crippen molar-refractivity contribution in [3.05, 3.63) is 36.8 Å². The van der Waals surface area contributed by atoms with Gasteiger partial charge in [0.1, 0.15) is 0 Å². The maximum atomic E-state index is 12.6. The Balaban J connectivity index is 1.71. The standard InChI is InChI=1S/C16H20N4O2/c1-2-16(6-10-22-11-7-16)15(21)19-13-4-5-14(17-12-13)20-9-3-8-18-20/h3-5,8-9,12H,2,6-7,10-11H2,1H3,(H,19,21). The highest BCUT2D eigenvalue weighted by atomic mass is 16.5. The molecule has 0 aliphatic carbocycles. The second-order valence-corrected chi connectivity index (χ2v) is 5.56. The highest BCUT2D eigenvalue weighted by molar-refractivity contribution is 5.95. The first kappa shape index (κ1) is 14.7. The van der Waals surface area contributed by atoms with Crippen molar-refractivity contribution in [1.29, 1.82) is 0 Å². The molecule has 116 valence electrons. The fourth-order valence-corrected chi connectivity index (χ4v) is 2.77. The number of nitrogens with zero attached hydrogens (tertiary/aromatic N) is 3. The molecule has 3 heterocycles. The fraction of sp³-hybridized carbons (Fsp3) is 0.438. The molecule has 1 N–H and O–H groups in total. The number of ether oxygens (including phenoxy) is 1. The number of nitrogens with one attached hydrogen (secondary N) is 1. The lowest BCUT2D eigenvalue weighted by Crippen LogP contribution is -2.40. The Morgan fingerprint density at radius 1 is 1.41 bits per heavy atom. The Morgan fingerprint density at radius 3 is 2.82 bits per heavy atom. The molecule has 1 aliphatic rings. The minimum Gasteiger partial charge on any atom is -0.381 e. The van der Waals surface area contributed by atoms with E-state index in [1.165, 1.54) is 0 Å². The molecule has 2 aromatic rings. The fourth-order valence-electron chi connectivity index (χ4n) is 2.77. The van der Waals surface area contributed by atoms with Crippen LogP contribution in [0.2, 0.25) is 0 Å². The van der Waals surface area contributed by atoms with Crippen molar-refractivity contribution in [1.82, 2.24) is 14.8 Å². The highest BCUT2D eigenvalue weighted by Crippen LogP contribution is 2.35. The van der Waals surface area contributed by atoms with Gasteiger partial charge in [0.2, 0.25) is 5.91 Å². The van der Waals surface area contributed by atoms with Crippen molar-refractivity contribution in [3.8, 4) is 5.82 Å². The zero-order valence-electron chi connectivity index (χ0n) is 12.7. The molecule has 3 rings (SSSR count). The Bertz CT molecular complexity index is 616. The normalized spacial score (nSPS) is 17.1. The van der Waals surface area contributed by atoms with Crippen molar-refractivity contribution in [2.75, 3.05) is 18.5 Å². The van der Waals surface area contributed by atoms with Crippen molar-refractivity contribution in [3.63, 3.8) is 0 Å². The van der Waals surface area contributed by atoms with Gasteiger partial charge in [-0.05, 0) is 37.5 Å². The minimum atomic E-state index is -0.321. The summed E-state index contributed by atoms with van der Waals surface area (Å²) in [5, 5.41) is 7.12. The SMILES string of the molecule is CCC1(C(=O)Nc2ccc(-n3cccn3)nc2)CCOCC1. The number of carbonyl (C=O) groups is 1. The van der Waals surface area contributed by atoms with E-state index in [4.69, 9.17) is 4.74 Å². The van der Waals surface area contributed by atoms with E-state index < -0.39 is 0 Å². The zero-order chi connectivity index (χ0) is 15.4. The number of amides is 1. The third kappa shape index (κ3) is 2.87. The summed E-state index contributed by atoms with van der Waals surface area (Å²) in [4.78, 5) is 17.0. The molecule has 1 saturated heterocycles. The number of rotatable bonds is 4. The molecule has 2 aromatic heterocycles. The predicted octanol–water partition coefficient (Wildman–Crippen LogP) is 2.41. The van der Waals surface area contributed by atoms with Gasteiger partial charge in [-0.15, -0.1) is 0 Å². The van der Waals surface area contributed by atoms with Gasteiger partial charge in [0, 0.05) is 25.6 Å². The molecule has 6 nitrogen and oxygen atoms in total. The number of hydrogen-bond donors (Lipinski definition) is 1. The number of hydrogen-bond acceptors (Lipinski definition) is 4. The second kappa shape index (κ2) is 6.27. The second-order valence-electron chi connectivity index (χ2n) is 5.56. The van der Waals surface area contributed by atoms with E-state index in [1.807, 2.05) is 24.4 Å². The highest BCUT2D eigenvalue weighted by Gasteiger charge is 2.38. The number of anilines is 1. The van der Waals surface area contributed by atoms with Crippen LogP contribution in [0.25, 0.3) is 5.82 Å². The maximum Gasteiger partial charge on any atom is 0.230 e. The molecule has 1 fully saturated rings. The number of pyridine rings is 1. The van der Waals surface area contributed by atoms with Crippen LogP contribution in [0.1, 0.15) is 26.2 Å². The minimum absolute atomic E-state index is 0.0620. The van der Waals surface area contributed by atoms with E-state index in [9.17, 15) is 4.79 Å². The predicted molar refractivity (Wildman–Crippen MR) is 82.8 cm³/mol. The van der Waals surface area contributed by atoms with E-state index in [0.717, 1.165) is 25.1 Å². The number of aromatic nitrogens is 3. The Hall–Kier alpha value is -2.21. The summed E-state index contributed by atoms with van der Waals surface area (Å²) < 4.78 is 7.06. The molecule has 0 atom stereocenters. The largest absolute Gasteiger partial charge is 0.381 e. The summed E-state index contributed by atoms with van der Waals surface area (Å²) in [5.41, 5.74) is 0.388. The molecule has 0 bridgehead atoms. The summed E-state index contributed by atoms with van der Waals surface area (Å²) in [5.74, 6) is 0.784. The molecule has 1 amide bonds. The van der Waals surface area contributed by atoms with Crippen LogP contribution in [-0.2, 0) is 9.53 Å². The van der Waals surface area contributed by atoms with Crippen LogP contribution in [0.3, 0.4) is 0 Å². The van der Waals surface area contributed by atoms with Crippen LogP contribution in [0.5, 0.6) is 0 Å². The number of carbonyl (C=O) groups excluding carboxylic acids is 1. The molecule has 1 aliphatic heterocycles. The van der Waals surface area contributed by atoms with Crippen LogP contribution in [-0.4, -0.2) is 33.9 Å². The summed E-state index contributed by atoms with van der Waals surface area (Å²) in [6.07, 6.45) is 7.56. The Labute approximate surface area is 129 Å². The lowest BCUT2D eigenvalue weighted by atomic mass is 9.77. The Kier molecular flexibility index (Phi) is 4.20. The Morgan fingerprint density at radius 2 is 2.23 bits per heavy atom. The van der Waals surface area contributed by atoms with E-state index in [2.05, 4.69) is 22.3 Å². The van der Waals surface area contributed by atoms with Gasteiger partial charge in [0.15, 0.2) is 5.82 Å². The quantitative estimate of drug-likeness (QED) is 0.941. The van der Waals surface area contributed by atoms with Gasteiger partial charge in [-0.1, -0.05) is 6.92 Å². The van der Waals surface area contributed by atoms with Gasteiger partial charge in [-0.25, -0.2) is 9.67 Å². The van der Waals surface area contributed by atoms with E-state index in [0.29, 0.717) is 18.9 Å². The van der Waals surface area contributed by atoms with Gasteiger partial charge in [-0.3, -0.25) is 4.79 Å². The average Bonchev–Trinajstić information content (AvgIpc) is 3.10. The van der Waals surface area contributed by atoms with Crippen molar-refractivity contribution < 1.29 is 9.53 Å². The summed E-state index contributed by atoms with van der Waals surface area (Å²) in [7, 11) is 0. The van der Waals surface area contributed by atoms with Crippen LogP contribution < -0.4 is 5.32 Å². The molecule has 0 spiro atoms. The lowest BCUT2D eigenvalue weighted by Gasteiger charge is -2.34. The molecule has 0 radical (unpaired) electrons. The first-order chi connectivity index (χ1) is 10.7. The van der Waals surface area contributed by atoms with Gasteiger partial charge < -0.3 is 10.1 Å². The lowest BCUT2D eigenvalue weighted by molar-refractivity contribution is -0.131. The van der Waals surface area contributed by atoms with Gasteiger partial charge >= 0.3 is 0 Å². The molecule has 0 aromatic carbocycles. The molecule has 6 heteroatoms. The third-order valence-corrected chi connectivity index (χ3v) is 4.35. The molecule has 0 saturated carbocycles. The average molecular weight is 300 g/mol. The van der Waals surface area contributed by atoms with Gasteiger partial charge in [0.05, 0.1) is 17.3 Å². The maximum absolute atomic E-state index is 12.6. The molecule has 0 unspecified atom stereocenters. The van der Waals surface area contributed by atoms with E-state index in [-0.39, 0.29) is 11.3 Å². The van der Waals surface area contributed by atoms with E-state index >= 15 is 0 Å². The summed E-state index contributed by atoms with van der Waals surface area (Å²) >= 11 is 0. The van der Waals surface area contributed by atoms with Crippen LogP contribution >= 0.6 is 0 Å². The van der Waals surface area contributed by atoms with Crippen LogP contribution in [0.4, 0.5) is 5.69 Å². The summed E-state index contributed by atoms with van der Waals surface area (Å²) in [6, 6.07) is 5.53. The molecular formula is C16H20N4O2. The smallest absolute Gasteiger partial charge is 0.230 e. The van der Waals surface area contributed by atoms with Gasteiger partial charge in [0.25, 0.3) is 0 Å².